The minimum absolute atomic E-state index is 0.471. The predicted molar refractivity (Wildman–Crippen MR) is 55.8 cm³/mol. The highest BCUT2D eigenvalue weighted by Gasteiger charge is 2.10. The van der Waals surface area contributed by atoms with Crippen LogP contribution in [0.3, 0.4) is 0 Å². The summed E-state index contributed by atoms with van der Waals surface area (Å²) in [5.41, 5.74) is 6.46. The van der Waals surface area contributed by atoms with E-state index in [1.807, 2.05) is 6.92 Å². The highest BCUT2D eigenvalue weighted by molar-refractivity contribution is 7.15. The van der Waals surface area contributed by atoms with Crippen molar-refractivity contribution in [1.29, 1.82) is 0 Å². The molecule has 0 aliphatic rings. The van der Waals surface area contributed by atoms with E-state index >= 15 is 0 Å². The van der Waals surface area contributed by atoms with Gasteiger partial charge >= 0.3 is 0 Å². The zero-order valence-corrected chi connectivity index (χ0v) is 8.58. The van der Waals surface area contributed by atoms with Crippen LogP contribution in [-0.4, -0.2) is 15.0 Å². The van der Waals surface area contributed by atoms with Crippen LogP contribution in [0.15, 0.2) is 18.5 Å². The van der Waals surface area contributed by atoms with Gasteiger partial charge in [0.25, 0.3) is 0 Å². The van der Waals surface area contributed by atoms with Crippen LogP contribution < -0.4 is 5.73 Å². The lowest BCUT2D eigenvalue weighted by atomic mass is 10.4. The van der Waals surface area contributed by atoms with E-state index in [2.05, 4.69) is 15.0 Å². The lowest BCUT2D eigenvalue weighted by molar-refractivity contribution is 1.02. The normalized spacial score (nSPS) is 10.4. The number of aromatic nitrogens is 3. The van der Waals surface area contributed by atoms with E-state index in [1.165, 1.54) is 0 Å². The molecule has 2 N–H and O–H groups in total. The van der Waals surface area contributed by atoms with Crippen molar-refractivity contribution in [2.75, 3.05) is 0 Å². The molecule has 0 bridgehead atoms. The highest BCUT2D eigenvalue weighted by Crippen LogP contribution is 2.26. The Kier molecular flexibility index (Phi) is 2.51. The summed E-state index contributed by atoms with van der Waals surface area (Å²) in [6, 6.07) is 1.80. The number of hydrogen-bond donors (Lipinski definition) is 1. The third-order valence-corrected chi connectivity index (χ3v) is 2.96. The zero-order valence-electron chi connectivity index (χ0n) is 7.77. The molecule has 0 atom stereocenters. The molecule has 2 aromatic heterocycles. The van der Waals surface area contributed by atoms with Gasteiger partial charge in [-0.2, -0.15) is 0 Å². The van der Waals surface area contributed by atoms with Gasteiger partial charge in [0.1, 0.15) is 5.01 Å². The number of thiazole rings is 1. The monoisotopic (exact) mass is 206 g/mol. The molecule has 72 valence electrons. The summed E-state index contributed by atoms with van der Waals surface area (Å²) in [6.07, 6.45) is 3.45. The molecule has 0 spiro atoms. The van der Waals surface area contributed by atoms with Crippen LogP contribution in [0.2, 0.25) is 0 Å². The Morgan fingerprint density at radius 1 is 1.36 bits per heavy atom. The third-order valence-electron chi connectivity index (χ3n) is 1.78. The zero-order chi connectivity index (χ0) is 9.97. The van der Waals surface area contributed by atoms with Gasteiger partial charge in [0, 0.05) is 18.9 Å². The summed E-state index contributed by atoms with van der Waals surface area (Å²) in [7, 11) is 0. The average molecular weight is 206 g/mol. The first-order chi connectivity index (χ1) is 6.81. The Hall–Kier alpha value is -1.33. The molecule has 14 heavy (non-hydrogen) atoms. The standard InChI is InChI=1S/C9H10N4S/c1-6-8(14-7(5-10)13-6)9-11-3-2-4-12-9/h2-4H,5,10H2,1H3. The first kappa shape index (κ1) is 9.23. The molecule has 0 radical (unpaired) electrons. The van der Waals surface area contributed by atoms with Crippen molar-refractivity contribution in [3.05, 3.63) is 29.2 Å². The van der Waals surface area contributed by atoms with E-state index in [-0.39, 0.29) is 0 Å². The maximum atomic E-state index is 5.52. The molecule has 5 heteroatoms. The number of nitrogens with zero attached hydrogens (tertiary/aromatic N) is 3. The summed E-state index contributed by atoms with van der Waals surface area (Å²) >= 11 is 1.55. The minimum Gasteiger partial charge on any atom is -0.325 e. The van der Waals surface area contributed by atoms with Crippen LogP contribution in [0.25, 0.3) is 10.7 Å². The van der Waals surface area contributed by atoms with Gasteiger partial charge in [-0.25, -0.2) is 15.0 Å². The third kappa shape index (κ3) is 1.64. The van der Waals surface area contributed by atoms with Crippen LogP contribution in [-0.2, 0) is 6.54 Å². The van der Waals surface area contributed by atoms with Gasteiger partial charge in [-0.1, -0.05) is 0 Å². The molecule has 0 fully saturated rings. The quantitative estimate of drug-likeness (QED) is 0.806. The van der Waals surface area contributed by atoms with Crippen LogP contribution in [0.4, 0.5) is 0 Å². The molecule has 0 unspecified atom stereocenters. The molecular formula is C9H10N4S. The fourth-order valence-corrected chi connectivity index (χ4v) is 2.05. The van der Waals surface area contributed by atoms with Crippen molar-refractivity contribution in [3.63, 3.8) is 0 Å². The summed E-state index contributed by atoms with van der Waals surface area (Å²) < 4.78 is 0. The number of nitrogens with two attached hydrogens (primary N) is 1. The highest BCUT2D eigenvalue weighted by atomic mass is 32.1. The average Bonchev–Trinajstić information content (AvgIpc) is 2.61. The summed E-state index contributed by atoms with van der Waals surface area (Å²) in [5.74, 6) is 0.724. The molecule has 2 heterocycles. The Bertz CT molecular complexity index is 424. The summed E-state index contributed by atoms with van der Waals surface area (Å²) in [6.45, 7) is 2.42. The molecule has 0 aromatic carbocycles. The fourth-order valence-electron chi connectivity index (χ4n) is 1.16. The fraction of sp³-hybridized carbons (Fsp3) is 0.222. The van der Waals surface area contributed by atoms with Crippen LogP contribution >= 0.6 is 11.3 Å². The summed E-state index contributed by atoms with van der Waals surface area (Å²) in [5, 5.41) is 0.921. The van der Waals surface area contributed by atoms with Crippen LogP contribution in [0.1, 0.15) is 10.7 Å². The second kappa shape index (κ2) is 3.81. The molecule has 2 rings (SSSR count). The Morgan fingerprint density at radius 3 is 2.64 bits per heavy atom. The maximum Gasteiger partial charge on any atom is 0.171 e. The van der Waals surface area contributed by atoms with Gasteiger partial charge in [0.15, 0.2) is 5.82 Å². The van der Waals surface area contributed by atoms with Gasteiger partial charge in [0.05, 0.1) is 10.6 Å². The number of aryl methyl sites for hydroxylation is 1. The SMILES string of the molecule is Cc1nc(CN)sc1-c1ncccn1. The topological polar surface area (TPSA) is 64.7 Å². The molecular weight excluding hydrogens is 196 g/mol. The number of rotatable bonds is 2. The second-order valence-corrected chi connectivity index (χ2v) is 3.88. The minimum atomic E-state index is 0.471. The van der Waals surface area contributed by atoms with Gasteiger partial charge in [0.2, 0.25) is 0 Å². The molecule has 0 saturated carbocycles. The van der Waals surface area contributed by atoms with Crippen molar-refractivity contribution in [2.45, 2.75) is 13.5 Å². The van der Waals surface area contributed by atoms with E-state index in [9.17, 15) is 0 Å². The molecule has 4 nitrogen and oxygen atoms in total. The van der Waals surface area contributed by atoms with E-state index in [1.54, 1.807) is 29.8 Å². The lowest BCUT2D eigenvalue weighted by Crippen LogP contribution is -1.94. The smallest absolute Gasteiger partial charge is 0.171 e. The molecule has 0 aliphatic carbocycles. The van der Waals surface area contributed by atoms with E-state index in [4.69, 9.17) is 5.73 Å². The van der Waals surface area contributed by atoms with Crippen molar-refractivity contribution in [3.8, 4) is 10.7 Å². The maximum absolute atomic E-state index is 5.52. The van der Waals surface area contributed by atoms with Gasteiger partial charge < -0.3 is 5.73 Å². The van der Waals surface area contributed by atoms with E-state index in [0.29, 0.717) is 6.54 Å². The van der Waals surface area contributed by atoms with Gasteiger partial charge in [-0.3, -0.25) is 0 Å². The van der Waals surface area contributed by atoms with Crippen molar-refractivity contribution in [2.24, 2.45) is 5.73 Å². The Morgan fingerprint density at radius 2 is 2.07 bits per heavy atom. The van der Waals surface area contributed by atoms with Crippen molar-refractivity contribution in [1.82, 2.24) is 15.0 Å². The molecule has 2 aromatic rings. The first-order valence-corrected chi connectivity index (χ1v) is 5.06. The van der Waals surface area contributed by atoms with Crippen LogP contribution in [0.5, 0.6) is 0 Å². The Balaban J connectivity index is 2.46. The van der Waals surface area contributed by atoms with E-state index in [0.717, 1.165) is 21.4 Å². The molecule has 0 aliphatic heterocycles. The Labute approximate surface area is 85.9 Å². The molecule has 0 amide bonds. The largest absolute Gasteiger partial charge is 0.325 e. The predicted octanol–water partition coefficient (Wildman–Crippen LogP) is 1.37. The summed E-state index contributed by atoms with van der Waals surface area (Å²) in [4.78, 5) is 13.7. The van der Waals surface area contributed by atoms with Crippen molar-refractivity contribution < 1.29 is 0 Å². The van der Waals surface area contributed by atoms with Gasteiger partial charge in [-0.15, -0.1) is 11.3 Å². The van der Waals surface area contributed by atoms with E-state index < -0.39 is 0 Å². The van der Waals surface area contributed by atoms with Crippen LogP contribution in [0, 0.1) is 6.92 Å². The first-order valence-electron chi connectivity index (χ1n) is 4.25. The molecule has 0 saturated heterocycles. The number of hydrogen-bond acceptors (Lipinski definition) is 5. The second-order valence-electron chi connectivity index (χ2n) is 2.80. The lowest BCUT2D eigenvalue weighted by Gasteiger charge is -1.93. The van der Waals surface area contributed by atoms with Gasteiger partial charge in [-0.05, 0) is 13.0 Å². The van der Waals surface area contributed by atoms with Crippen molar-refractivity contribution >= 4 is 11.3 Å².